The van der Waals surface area contributed by atoms with Crippen molar-refractivity contribution < 1.29 is 13.2 Å². The zero-order valence-corrected chi connectivity index (χ0v) is 16.2. The van der Waals surface area contributed by atoms with Gasteiger partial charge in [0.15, 0.2) is 0 Å². The van der Waals surface area contributed by atoms with Crippen LogP contribution in [-0.4, -0.2) is 33.2 Å². The molecule has 0 radical (unpaired) electrons. The molecule has 142 valence electrons. The van der Waals surface area contributed by atoms with Gasteiger partial charge < -0.3 is 10.6 Å². The van der Waals surface area contributed by atoms with Gasteiger partial charge in [-0.2, -0.15) is 0 Å². The van der Waals surface area contributed by atoms with Gasteiger partial charge in [-0.15, -0.1) is 12.4 Å². The number of benzene rings is 1. The number of carbonyl (C=O) groups excluding carboxylic acids is 1. The van der Waals surface area contributed by atoms with Crippen LogP contribution in [0.2, 0.25) is 0 Å². The first kappa shape index (κ1) is 21.7. The fraction of sp³-hybridized carbons (Fsp3) is 0.588. The SMILES string of the molecule is CCCCS(=O)(=O)Nc1ccc(NC(=O)CCC2CCNC2)cc1.Cl. The number of amides is 1. The van der Waals surface area contributed by atoms with Crippen LogP contribution in [0.5, 0.6) is 0 Å². The number of sulfonamides is 1. The second kappa shape index (κ2) is 10.6. The number of hydrogen-bond acceptors (Lipinski definition) is 4. The molecule has 1 aromatic rings. The molecule has 1 unspecified atom stereocenters. The monoisotopic (exact) mass is 389 g/mol. The molecule has 0 saturated carbocycles. The molecule has 6 nitrogen and oxygen atoms in total. The molecule has 0 aromatic heterocycles. The third kappa shape index (κ3) is 8.07. The number of hydrogen-bond donors (Lipinski definition) is 3. The van der Waals surface area contributed by atoms with Crippen LogP contribution in [0.25, 0.3) is 0 Å². The van der Waals surface area contributed by atoms with Crippen molar-refractivity contribution in [2.45, 2.75) is 39.0 Å². The zero-order valence-electron chi connectivity index (χ0n) is 14.6. The summed E-state index contributed by atoms with van der Waals surface area (Å²) in [5, 5.41) is 6.15. The number of anilines is 2. The van der Waals surface area contributed by atoms with Crippen molar-refractivity contribution in [3.05, 3.63) is 24.3 Å². The van der Waals surface area contributed by atoms with Gasteiger partial charge in [-0.1, -0.05) is 13.3 Å². The lowest BCUT2D eigenvalue weighted by Gasteiger charge is -2.10. The van der Waals surface area contributed by atoms with E-state index in [4.69, 9.17) is 0 Å². The van der Waals surface area contributed by atoms with Gasteiger partial charge in [0.25, 0.3) is 0 Å². The minimum atomic E-state index is -3.29. The predicted octanol–water partition coefficient (Wildman–Crippen LogP) is 2.98. The van der Waals surface area contributed by atoms with E-state index in [1.807, 2.05) is 6.92 Å². The Kier molecular flexibility index (Phi) is 9.24. The van der Waals surface area contributed by atoms with Gasteiger partial charge in [-0.05, 0) is 62.5 Å². The van der Waals surface area contributed by atoms with Gasteiger partial charge in [-0.25, -0.2) is 8.42 Å². The molecule has 0 aliphatic carbocycles. The molecule has 1 fully saturated rings. The van der Waals surface area contributed by atoms with Crippen molar-refractivity contribution in [2.24, 2.45) is 5.92 Å². The van der Waals surface area contributed by atoms with Crippen molar-refractivity contribution in [1.82, 2.24) is 5.32 Å². The first-order valence-electron chi connectivity index (χ1n) is 8.59. The maximum Gasteiger partial charge on any atom is 0.232 e. The largest absolute Gasteiger partial charge is 0.326 e. The average molecular weight is 390 g/mol. The van der Waals surface area contributed by atoms with E-state index in [0.29, 0.717) is 30.1 Å². The number of halogens is 1. The third-order valence-electron chi connectivity index (χ3n) is 4.15. The molecule has 3 N–H and O–H groups in total. The van der Waals surface area contributed by atoms with Gasteiger partial charge >= 0.3 is 0 Å². The maximum atomic E-state index is 12.0. The summed E-state index contributed by atoms with van der Waals surface area (Å²) in [5.41, 5.74) is 1.20. The van der Waals surface area contributed by atoms with Crippen molar-refractivity contribution in [2.75, 3.05) is 28.9 Å². The smallest absolute Gasteiger partial charge is 0.232 e. The van der Waals surface area contributed by atoms with E-state index in [2.05, 4.69) is 15.4 Å². The Morgan fingerprint density at radius 2 is 1.92 bits per heavy atom. The molecule has 1 saturated heterocycles. The molecule has 1 aliphatic heterocycles. The van der Waals surface area contributed by atoms with Crippen LogP contribution in [-0.2, 0) is 14.8 Å². The molecule has 8 heteroatoms. The lowest BCUT2D eigenvalue weighted by Crippen LogP contribution is -2.17. The lowest BCUT2D eigenvalue weighted by molar-refractivity contribution is -0.116. The van der Waals surface area contributed by atoms with Crippen LogP contribution in [0.4, 0.5) is 11.4 Å². The van der Waals surface area contributed by atoms with E-state index in [1.165, 1.54) is 0 Å². The normalized spacial score (nSPS) is 16.9. The van der Waals surface area contributed by atoms with Gasteiger partial charge in [0, 0.05) is 17.8 Å². The summed E-state index contributed by atoms with van der Waals surface area (Å²) in [5.74, 6) is 0.715. The summed E-state index contributed by atoms with van der Waals surface area (Å²) >= 11 is 0. The van der Waals surface area contributed by atoms with Crippen molar-refractivity contribution in [1.29, 1.82) is 0 Å². The maximum absolute atomic E-state index is 12.0. The van der Waals surface area contributed by atoms with Crippen LogP contribution < -0.4 is 15.4 Å². The van der Waals surface area contributed by atoms with Crippen LogP contribution >= 0.6 is 12.4 Å². The van der Waals surface area contributed by atoms with E-state index in [-0.39, 0.29) is 24.1 Å². The van der Waals surface area contributed by atoms with Gasteiger partial charge in [0.1, 0.15) is 0 Å². The second-order valence-electron chi connectivity index (χ2n) is 6.30. The van der Waals surface area contributed by atoms with E-state index in [0.717, 1.165) is 32.4 Å². The molecule has 1 amide bonds. The fourth-order valence-corrected chi connectivity index (χ4v) is 3.97. The number of unbranched alkanes of at least 4 members (excludes halogenated alkanes) is 1. The third-order valence-corrected chi connectivity index (χ3v) is 5.52. The standard InChI is InChI=1S/C17H27N3O3S.ClH/c1-2-3-12-24(22,23)20-16-7-5-15(6-8-16)19-17(21)9-4-14-10-11-18-13-14;/h5-8,14,18,20H,2-4,9-13H2,1H3,(H,19,21);1H. The lowest BCUT2D eigenvalue weighted by atomic mass is 10.0. The molecule has 2 rings (SSSR count). The fourth-order valence-electron chi connectivity index (χ4n) is 2.71. The highest BCUT2D eigenvalue weighted by Crippen LogP contribution is 2.17. The highest BCUT2D eigenvalue weighted by atomic mass is 35.5. The van der Waals surface area contributed by atoms with Crippen molar-refractivity contribution in [3.8, 4) is 0 Å². The number of nitrogens with one attached hydrogen (secondary N) is 3. The summed E-state index contributed by atoms with van der Waals surface area (Å²) < 4.78 is 26.2. The molecule has 1 aromatic carbocycles. The Hall–Kier alpha value is -1.31. The molecule has 0 spiro atoms. The van der Waals surface area contributed by atoms with E-state index in [1.54, 1.807) is 24.3 Å². The molecule has 0 bridgehead atoms. The van der Waals surface area contributed by atoms with Crippen LogP contribution in [0, 0.1) is 5.92 Å². The number of rotatable bonds is 9. The molecular weight excluding hydrogens is 362 g/mol. The van der Waals surface area contributed by atoms with Gasteiger partial charge in [-0.3, -0.25) is 9.52 Å². The Morgan fingerprint density at radius 1 is 1.24 bits per heavy atom. The summed E-state index contributed by atoms with van der Waals surface area (Å²) in [6.07, 6.45) is 4.02. The molecular formula is C17H28ClN3O3S. The highest BCUT2D eigenvalue weighted by molar-refractivity contribution is 7.92. The van der Waals surface area contributed by atoms with E-state index >= 15 is 0 Å². The Labute approximate surface area is 156 Å². The minimum Gasteiger partial charge on any atom is -0.326 e. The van der Waals surface area contributed by atoms with Gasteiger partial charge in [0.2, 0.25) is 15.9 Å². The quantitative estimate of drug-likeness (QED) is 0.605. The van der Waals surface area contributed by atoms with Crippen molar-refractivity contribution >= 4 is 39.7 Å². The first-order valence-corrected chi connectivity index (χ1v) is 10.2. The Bertz CT molecular complexity index is 629. The summed E-state index contributed by atoms with van der Waals surface area (Å²) in [6, 6.07) is 6.76. The van der Waals surface area contributed by atoms with Crippen LogP contribution in [0.15, 0.2) is 24.3 Å². The average Bonchev–Trinajstić information content (AvgIpc) is 3.06. The summed E-state index contributed by atoms with van der Waals surface area (Å²) in [6.45, 7) is 4.00. The van der Waals surface area contributed by atoms with Crippen molar-refractivity contribution in [3.63, 3.8) is 0 Å². The Balaban J connectivity index is 0.00000312. The second-order valence-corrected chi connectivity index (χ2v) is 8.14. The van der Waals surface area contributed by atoms with E-state index in [9.17, 15) is 13.2 Å². The topological polar surface area (TPSA) is 87.3 Å². The van der Waals surface area contributed by atoms with E-state index < -0.39 is 10.0 Å². The van der Waals surface area contributed by atoms with Crippen LogP contribution in [0.1, 0.15) is 39.0 Å². The molecule has 1 atom stereocenters. The molecule has 1 heterocycles. The highest BCUT2D eigenvalue weighted by Gasteiger charge is 2.15. The summed E-state index contributed by atoms with van der Waals surface area (Å²) in [7, 11) is -3.29. The van der Waals surface area contributed by atoms with Crippen LogP contribution in [0.3, 0.4) is 0 Å². The predicted molar refractivity (Wildman–Crippen MR) is 105 cm³/mol. The first-order chi connectivity index (χ1) is 11.5. The number of carbonyl (C=O) groups is 1. The Morgan fingerprint density at radius 3 is 2.52 bits per heavy atom. The zero-order chi connectivity index (χ0) is 17.4. The molecule has 1 aliphatic rings. The van der Waals surface area contributed by atoms with Gasteiger partial charge in [0.05, 0.1) is 5.75 Å². The summed E-state index contributed by atoms with van der Waals surface area (Å²) in [4.78, 5) is 12.0. The molecule has 25 heavy (non-hydrogen) atoms. The minimum absolute atomic E-state index is 0.